The number of nitrogens with zero attached hydrogens (tertiary/aromatic N) is 2. The smallest absolute Gasteiger partial charge is 0.187 e. The van der Waals surface area contributed by atoms with Gasteiger partial charge in [-0.05, 0) is 41.4 Å². The minimum atomic E-state index is 0.140. The van der Waals surface area contributed by atoms with E-state index >= 15 is 0 Å². The van der Waals surface area contributed by atoms with E-state index in [2.05, 4.69) is 78.2 Å². The molecule has 1 aromatic heterocycles. The molecule has 2 aromatic carbocycles. The van der Waals surface area contributed by atoms with Gasteiger partial charge < -0.3 is 14.6 Å². The van der Waals surface area contributed by atoms with E-state index in [1.807, 2.05) is 24.3 Å². The van der Waals surface area contributed by atoms with Crippen molar-refractivity contribution in [3.05, 3.63) is 78.5 Å². The molecule has 0 aliphatic rings. The summed E-state index contributed by atoms with van der Waals surface area (Å²) < 4.78 is 8.17. The fourth-order valence-corrected chi connectivity index (χ4v) is 3.38. The van der Waals surface area contributed by atoms with Crippen LogP contribution in [0.25, 0.3) is 10.9 Å². The van der Waals surface area contributed by atoms with Crippen molar-refractivity contribution in [2.45, 2.75) is 32.7 Å². The highest BCUT2D eigenvalue weighted by molar-refractivity contribution is 7.80. The number of fused-ring (bicyclic) bond motifs is 1. The van der Waals surface area contributed by atoms with Crippen LogP contribution in [0.4, 0.5) is 0 Å². The summed E-state index contributed by atoms with van der Waals surface area (Å²) in [6, 6.07) is 16.6. The Labute approximate surface area is 189 Å². The highest BCUT2D eigenvalue weighted by atomic mass is 32.1. The van der Waals surface area contributed by atoms with E-state index in [1.165, 1.54) is 5.56 Å². The minimum Gasteiger partial charge on any atom is -0.492 e. The molecule has 0 saturated carbocycles. The first-order chi connectivity index (χ1) is 14.9. The quantitative estimate of drug-likeness (QED) is 0.227. The van der Waals surface area contributed by atoms with Crippen molar-refractivity contribution in [2.24, 2.45) is 5.10 Å². The zero-order chi connectivity index (χ0) is 22.3. The Morgan fingerprint density at radius 1 is 1.16 bits per heavy atom. The highest BCUT2D eigenvalue weighted by Crippen LogP contribution is 2.24. The molecule has 3 rings (SSSR count). The number of benzene rings is 2. The number of thiocarbonyl (C=S) groups is 1. The van der Waals surface area contributed by atoms with Crippen molar-refractivity contribution < 1.29 is 4.74 Å². The third kappa shape index (κ3) is 6.18. The second kappa shape index (κ2) is 10.3. The first-order valence-electron chi connectivity index (χ1n) is 10.4. The van der Waals surface area contributed by atoms with Crippen LogP contribution in [-0.2, 0) is 12.0 Å². The molecule has 0 unspecified atom stereocenters. The van der Waals surface area contributed by atoms with Crippen LogP contribution in [-0.4, -0.2) is 29.0 Å². The average Bonchev–Trinajstić information content (AvgIpc) is 3.10. The average molecular weight is 435 g/mol. The zero-order valence-electron chi connectivity index (χ0n) is 18.4. The summed E-state index contributed by atoms with van der Waals surface area (Å²) in [7, 11) is 0. The monoisotopic (exact) mass is 434 g/mol. The molecular weight excluding hydrogens is 404 g/mol. The number of hydrogen-bond donors (Lipinski definition) is 2. The van der Waals surface area contributed by atoms with Crippen LogP contribution in [0.2, 0.25) is 0 Å². The van der Waals surface area contributed by atoms with E-state index in [0.717, 1.165) is 28.8 Å². The zero-order valence-corrected chi connectivity index (χ0v) is 19.2. The maximum absolute atomic E-state index is 5.99. The molecule has 0 saturated heterocycles. The summed E-state index contributed by atoms with van der Waals surface area (Å²) >= 11 is 5.16. The van der Waals surface area contributed by atoms with Gasteiger partial charge in [-0.2, -0.15) is 5.10 Å². The van der Waals surface area contributed by atoms with Crippen LogP contribution in [0.5, 0.6) is 5.75 Å². The molecule has 0 spiro atoms. The van der Waals surface area contributed by atoms with Gasteiger partial charge in [-0.15, -0.1) is 6.58 Å². The van der Waals surface area contributed by atoms with Gasteiger partial charge >= 0.3 is 0 Å². The van der Waals surface area contributed by atoms with Crippen molar-refractivity contribution in [3.8, 4) is 5.75 Å². The van der Waals surface area contributed by atoms with Crippen LogP contribution < -0.4 is 15.5 Å². The fraction of sp³-hybridized carbons (Fsp3) is 0.280. The number of hydrazone groups is 1. The molecule has 1 heterocycles. The second-order valence-electron chi connectivity index (χ2n) is 8.29. The lowest BCUT2D eigenvalue weighted by molar-refractivity contribution is 0.300. The maximum atomic E-state index is 5.99. The van der Waals surface area contributed by atoms with E-state index < -0.39 is 0 Å². The lowest BCUT2D eigenvalue weighted by Crippen LogP contribution is -2.31. The molecule has 0 aliphatic heterocycles. The normalized spacial score (nSPS) is 11.6. The van der Waals surface area contributed by atoms with Crippen LogP contribution in [0, 0.1) is 0 Å². The Bertz CT molecular complexity index is 1060. The minimum absolute atomic E-state index is 0.140. The van der Waals surface area contributed by atoms with Gasteiger partial charge in [-0.3, -0.25) is 5.43 Å². The topological polar surface area (TPSA) is 50.6 Å². The molecule has 0 bridgehead atoms. The number of aromatic nitrogens is 1. The summed E-state index contributed by atoms with van der Waals surface area (Å²) in [6.07, 6.45) is 5.61. The van der Waals surface area contributed by atoms with Crippen LogP contribution in [0.15, 0.2) is 72.5 Å². The van der Waals surface area contributed by atoms with Crippen molar-refractivity contribution in [3.63, 3.8) is 0 Å². The molecule has 0 amide bonds. The van der Waals surface area contributed by atoms with E-state index in [-0.39, 0.29) is 5.41 Å². The van der Waals surface area contributed by atoms with E-state index in [9.17, 15) is 0 Å². The predicted octanol–water partition coefficient (Wildman–Crippen LogP) is 5.00. The first-order valence-corrected chi connectivity index (χ1v) is 10.8. The summed E-state index contributed by atoms with van der Waals surface area (Å²) in [5, 5.41) is 8.83. The molecule has 3 aromatic rings. The molecular formula is C25H30N4OS. The van der Waals surface area contributed by atoms with Crippen LogP contribution in [0.1, 0.15) is 31.9 Å². The standard InChI is InChI=1S/C25H30N4OS/c1-5-14-26-24(31)28-27-17-19-18-29(23-9-7-6-8-22(19)23)15-16-30-21-12-10-20(11-13-21)25(2,3)4/h5-13,17-18H,1,14-16H2,2-4H3,(H2,26,28,31)/b27-17-. The van der Waals surface area contributed by atoms with Gasteiger partial charge in [0.2, 0.25) is 0 Å². The van der Waals surface area contributed by atoms with Gasteiger partial charge in [-0.25, -0.2) is 0 Å². The fourth-order valence-electron chi connectivity index (χ4n) is 3.24. The van der Waals surface area contributed by atoms with Gasteiger partial charge in [0.25, 0.3) is 0 Å². The second-order valence-corrected chi connectivity index (χ2v) is 8.69. The summed E-state index contributed by atoms with van der Waals surface area (Å²) in [6.45, 7) is 12.2. The van der Waals surface area contributed by atoms with Gasteiger partial charge in [0, 0.05) is 29.2 Å². The van der Waals surface area contributed by atoms with Gasteiger partial charge in [0.1, 0.15) is 12.4 Å². The summed E-state index contributed by atoms with van der Waals surface area (Å²) in [4.78, 5) is 0. The Hall–Kier alpha value is -3.12. The number of hydrogen-bond acceptors (Lipinski definition) is 3. The number of para-hydroxylation sites is 1. The number of rotatable bonds is 8. The van der Waals surface area contributed by atoms with Crippen LogP contribution >= 0.6 is 12.2 Å². The number of nitrogens with one attached hydrogen (secondary N) is 2. The molecule has 6 heteroatoms. The maximum Gasteiger partial charge on any atom is 0.187 e. The molecule has 0 fully saturated rings. The Kier molecular flexibility index (Phi) is 7.47. The SMILES string of the molecule is C=CCNC(=S)N/N=C\c1cn(CCOc2ccc(C(C)(C)C)cc2)c2ccccc12. The largest absolute Gasteiger partial charge is 0.492 e. The summed E-state index contributed by atoms with van der Waals surface area (Å²) in [5.41, 5.74) is 6.43. The Balaban J connectivity index is 1.64. The molecule has 0 radical (unpaired) electrons. The van der Waals surface area contributed by atoms with Crippen molar-refractivity contribution >= 4 is 34.4 Å². The summed E-state index contributed by atoms with van der Waals surface area (Å²) in [5.74, 6) is 0.885. The lowest BCUT2D eigenvalue weighted by Gasteiger charge is -2.19. The third-order valence-corrected chi connectivity index (χ3v) is 5.15. The molecule has 31 heavy (non-hydrogen) atoms. The predicted molar refractivity (Wildman–Crippen MR) is 134 cm³/mol. The highest BCUT2D eigenvalue weighted by Gasteiger charge is 2.13. The molecule has 5 nitrogen and oxygen atoms in total. The van der Waals surface area contributed by atoms with Gasteiger partial charge in [0.15, 0.2) is 5.11 Å². The van der Waals surface area contributed by atoms with Crippen molar-refractivity contribution in [2.75, 3.05) is 13.2 Å². The first kappa shape index (κ1) is 22.6. The Morgan fingerprint density at radius 2 is 1.90 bits per heavy atom. The van der Waals surface area contributed by atoms with Crippen molar-refractivity contribution in [1.82, 2.24) is 15.3 Å². The van der Waals surface area contributed by atoms with Crippen LogP contribution in [0.3, 0.4) is 0 Å². The Morgan fingerprint density at radius 3 is 2.61 bits per heavy atom. The van der Waals surface area contributed by atoms with Gasteiger partial charge in [-0.1, -0.05) is 57.2 Å². The van der Waals surface area contributed by atoms with E-state index in [0.29, 0.717) is 18.3 Å². The number of ether oxygens (including phenoxy) is 1. The van der Waals surface area contributed by atoms with Gasteiger partial charge in [0.05, 0.1) is 12.8 Å². The lowest BCUT2D eigenvalue weighted by atomic mass is 9.87. The third-order valence-electron chi connectivity index (χ3n) is 4.92. The van der Waals surface area contributed by atoms with E-state index in [1.54, 1.807) is 12.3 Å². The molecule has 0 aliphatic carbocycles. The molecule has 0 atom stereocenters. The molecule has 162 valence electrons. The van der Waals surface area contributed by atoms with Crippen molar-refractivity contribution in [1.29, 1.82) is 0 Å². The molecule has 2 N–H and O–H groups in total. The van der Waals surface area contributed by atoms with E-state index in [4.69, 9.17) is 17.0 Å².